The molecule has 3 rings (SSSR count). The van der Waals surface area contributed by atoms with Gasteiger partial charge in [0.2, 0.25) is 0 Å². The molecule has 3 aromatic rings. The van der Waals surface area contributed by atoms with Gasteiger partial charge in [0.1, 0.15) is 11.6 Å². The molecular weight excluding hydrogens is 266 g/mol. The standard InChI is InChI=1S/C15H17N5O/c1-11-17-15-7-6-14(19-20(15)18-11)16-9-8-12-2-4-13(10-21)5-3-12/h2-7,21H,8-10H2,1H3,(H,16,19). The van der Waals surface area contributed by atoms with Crippen LogP contribution in [0.15, 0.2) is 36.4 Å². The first-order valence-corrected chi connectivity index (χ1v) is 6.88. The van der Waals surface area contributed by atoms with Gasteiger partial charge in [-0.15, -0.1) is 14.8 Å². The number of aromatic nitrogens is 4. The molecule has 6 nitrogen and oxygen atoms in total. The molecule has 0 saturated carbocycles. The quantitative estimate of drug-likeness (QED) is 0.743. The van der Waals surface area contributed by atoms with E-state index >= 15 is 0 Å². The van der Waals surface area contributed by atoms with Gasteiger partial charge < -0.3 is 10.4 Å². The number of rotatable bonds is 5. The average molecular weight is 283 g/mol. The summed E-state index contributed by atoms with van der Waals surface area (Å²) in [4.78, 5) is 4.24. The van der Waals surface area contributed by atoms with E-state index < -0.39 is 0 Å². The molecular formula is C15H17N5O. The van der Waals surface area contributed by atoms with Gasteiger partial charge in [0.05, 0.1) is 6.61 Å². The minimum absolute atomic E-state index is 0.0831. The molecule has 1 aromatic carbocycles. The highest BCUT2D eigenvalue weighted by Gasteiger charge is 2.02. The minimum Gasteiger partial charge on any atom is -0.392 e. The Balaban J connectivity index is 1.60. The van der Waals surface area contributed by atoms with E-state index in [-0.39, 0.29) is 6.61 Å². The fourth-order valence-corrected chi connectivity index (χ4v) is 2.13. The van der Waals surface area contributed by atoms with Crippen LogP contribution < -0.4 is 5.32 Å². The van der Waals surface area contributed by atoms with Gasteiger partial charge >= 0.3 is 0 Å². The number of anilines is 1. The maximum absolute atomic E-state index is 9.01. The van der Waals surface area contributed by atoms with E-state index in [0.29, 0.717) is 5.82 Å². The zero-order chi connectivity index (χ0) is 14.7. The summed E-state index contributed by atoms with van der Waals surface area (Å²) in [6.07, 6.45) is 0.891. The molecule has 0 atom stereocenters. The Morgan fingerprint density at radius 1 is 1.05 bits per heavy atom. The molecule has 2 aromatic heterocycles. The third-order valence-electron chi connectivity index (χ3n) is 3.24. The Morgan fingerprint density at radius 3 is 2.57 bits per heavy atom. The molecule has 0 bridgehead atoms. The van der Waals surface area contributed by atoms with Crippen molar-refractivity contribution in [2.45, 2.75) is 20.0 Å². The Kier molecular flexibility index (Phi) is 3.79. The molecule has 6 heteroatoms. The van der Waals surface area contributed by atoms with Crippen molar-refractivity contribution in [2.75, 3.05) is 11.9 Å². The van der Waals surface area contributed by atoms with Crippen LogP contribution >= 0.6 is 0 Å². The van der Waals surface area contributed by atoms with E-state index in [1.807, 2.05) is 43.3 Å². The van der Waals surface area contributed by atoms with Gasteiger partial charge in [0.15, 0.2) is 5.65 Å². The summed E-state index contributed by atoms with van der Waals surface area (Å²) in [7, 11) is 0. The largest absolute Gasteiger partial charge is 0.392 e. The zero-order valence-corrected chi connectivity index (χ0v) is 11.8. The molecule has 0 spiro atoms. The molecule has 0 amide bonds. The number of hydrogen-bond acceptors (Lipinski definition) is 5. The smallest absolute Gasteiger partial charge is 0.176 e. The summed E-state index contributed by atoms with van der Waals surface area (Å²) in [6.45, 7) is 2.71. The highest BCUT2D eigenvalue weighted by atomic mass is 16.3. The van der Waals surface area contributed by atoms with Crippen LogP contribution in [0.3, 0.4) is 0 Å². The molecule has 0 aliphatic heterocycles. The van der Waals surface area contributed by atoms with Crippen LogP contribution in [0.1, 0.15) is 17.0 Å². The third kappa shape index (κ3) is 3.17. The van der Waals surface area contributed by atoms with Crippen molar-refractivity contribution in [3.05, 3.63) is 53.3 Å². The summed E-state index contributed by atoms with van der Waals surface area (Å²) in [5.74, 6) is 1.49. The highest BCUT2D eigenvalue weighted by molar-refractivity contribution is 5.43. The highest BCUT2D eigenvalue weighted by Crippen LogP contribution is 2.07. The van der Waals surface area contributed by atoms with Gasteiger partial charge in [-0.3, -0.25) is 0 Å². The van der Waals surface area contributed by atoms with E-state index in [2.05, 4.69) is 20.5 Å². The number of aryl methyl sites for hydroxylation is 1. The molecule has 2 heterocycles. The van der Waals surface area contributed by atoms with E-state index in [4.69, 9.17) is 5.11 Å². The number of nitrogens with zero attached hydrogens (tertiary/aromatic N) is 4. The number of benzene rings is 1. The van der Waals surface area contributed by atoms with E-state index in [0.717, 1.165) is 30.0 Å². The Labute approximate surface area is 122 Å². The van der Waals surface area contributed by atoms with Crippen molar-refractivity contribution in [2.24, 2.45) is 0 Å². The molecule has 108 valence electrons. The number of aliphatic hydroxyl groups is 1. The lowest BCUT2D eigenvalue weighted by atomic mass is 10.1. The van der Waals surface area contributed by atoms with Gasteiger partial charge in [0.25, 0.3) is 0 Å². The summed E-state index contributed by atoms with van der Waals surface area (Å²) in [5, 5.41) is 20.8. The maximum Gasteiger partial charge on any atom is 0.176 e. The lowest BCUT2D eigenvalue weighted by Crippen LogP contribution is -2.08. The second-order valence-electron chi connectivity index (χ2n) is 4.88. The number of aliphatic hydroxyl groups excluding tert-OH is 1. The van der Waals surface area contributed by atoms with Crippen molar-refractivity contribution in [3.8, 4) is 0 Å². The summed E-state index contributed by atoms with van der Waals surface area (Å²) in [5.41, 5.74) is 2.90. The Morgan fingerprint density at radius 2 is 1.81 bits per heavy atom. The van der Waals surface area contributed by atoms with Crippen LogP contribution in [0.5, 0.6) is 0 Å². The first-order valence-electron chi connectivity index (χ1n) is 6.88. The van der Waals surface area contributed by atoms with Gasteiger partial charge in [-0.05, 0) is 36.6 Å². The molecule has 0 aliphatic carbocycles. The number of nitrogens with one attached hydrogen (secondary N) is 1. The molecule has 0 unspecified atom stereocenters. The van der Waals surface area contributed by atoms with Crippen LogP contribution in [-0.2, 0) is 13.0 Å². The molecule has 2 N–H and O–H groups in total. The van der Waals surface area contributed by atoms with Crippen LogP contribution in [-0.4, -0.2) is 31.5 Å². The number of hydrogen-bond donors (Lipinski definition) is 2. The normalized spacial score (nSPS) is 11.0. The second-order valence-corrected chi connectivity index (χ2v) is 4.88. The molecule has 0 radical (unpaired) electrons. The first kappa shape index (κ1) is 13.5. The molecule has 0 aliphatic rings. The fraction of sp³-hybridized carbons (Fsp3) is 0.267. The van der Waals surface area contributed by atoms with Crippen LogP contribution in [0.25, 0.3) is 5.65 Å². The monoisotopic (exact) mass is 283 g/mol. The zero-order valence-electron chi connectivity index (χ0n) is 11.8. The van der Waals surface area contributed by atoms with E-state index in [1.165, 1.54) is 10.2 Å². The lowest BCUT2D eigenvalue weighted by molar-refractivity contribution is 0.282. The maximum atomic E-state index is 9.01. The van der Waals surface area contributed by atoms with Crippen molar-refractivity contribution >= 4 is 11.5 Å². The van der Waals surface area contributed by atoms with Crippen molar-refractivity contribution in [1.82, 2.24) is 19.8 Å². The average Bonchev–Trinajstić information content (AvgIpc) is 2.87. The van der Waals surface area contributed by atoms with Crippen molar-refractivity contribution < 1.29 is 5.11 Å². The summed E-state index contributed by atoms with van der Waals surface area (Å²) >= 11 is 0. The van der Waals surface area contributed by atoms with Crippen LogP contribution in [0.2, 0.25) is 0 Å². The topological polar surface area (TPSA) is 75.3 Å². The van der Waals surface area contributed by atoms with Gasteiger partial charge in [-0.1, -0.05) is 24.3 Å². The predicted molar refractivity (Wildman–Crippen MR) is 80.1 cm³/mol. The molecule has 21 heavy (non-hydrogen) atoms. The van der Waals surface area contributed by atoms with Gasteiger partial charge in [-0.25, -0.2) is 4.98 Å². The van der Waals surface area contributed by atoms with Crippen LogP contribution in [0, 0.1) is 6.92 Å². The van der Waals surface area contributed by atoms with Crippen molar-refractivity contribution in [1.29, 1.82) is 0 Å². The summed E-state index contributed by atoms with van der Waals surface area (Å²) < 4.78 is 1.54. The first-order chi connectivity index (χ1) is 10.2. The van der Waals surface area contributed by atoms with Gasteiger partial charge in [-0.2, -0.15) is 0 Å². The Hall–Kier alpha value is -2.47. The lowest BCUT2D eigenvalue weighted by Gasteiger charge is -2.06. The van der Waals surface area contributed by atoms with Crippen LogP contribution in [0.4, 0.5) is 5.82 Å². The molecule has 0 saturated heterocycles. The van der Waals surface area contributed by atoms with E-state index in [9.17, 15) is 0 Å². The third-order valence-corrected chi connectivity index (χ3v) is 3.24. The fourth-order valence-electron chi connectivity index (χ4n) is 2.13. The number of fused-ring (bicyclic) bond motifs is 1. The second kappa shape index (κ2) is 5.88. The predicted octanol–water partition coefficient (Wildman–Crippen LogP) is 1.58. The minimum atomic E-state index is 0.0831. The van der Waals surface area contributed by atoms with Gasteiger partial charge in [0, 0.05) is 6.54 Å². The Bertz CT molecular complexity index is 735. The molecule has 0 fully saturated rings. The van der Waals surface area contributed by atoms with Crippen molar-refractivity contribution in [3.63, 3.8) is 0 Å². The SMILES string of the molecule is Cc1nc2ccc(NCCc3ccc(CO)cc3)nn2n1. The van der Waals surface area contributed by atoms with E-state index in [1.54, 1.807) is 0 Å². The summed E-state index contributed by atoms with van der Waals surface area (Å²) in [6, 6.07) is 11.7.